The number of nitrogens with zero attached hydrogens (tertiary/aromatic N) is 2. The summed E-state index contributed by atoms with van der Waals surface area (Å²) in [5.41, 5.74) is 6.13. The number of amides is 1. The number of hydrogen-bond donors (Lipinski definition) is 3. The summed E-state index contributed by atoms with van der Waals surface area (Å²) in [6, 6.07) is 13.2. The molecule has 178 valence electrons. The zero-order valence-electron chi connectivity index (χ0n) is 19.3. The largest absolute Gasteiger partial charge is 0.472 e. The predicted octanol–water partition coefficient (Wildman–Crippen LogP) is 3.45. The first-order valence-corrected chi connectivity index (χ1v) is 11.8. The van der Waals surface area contributed by atoms with Crippen LogP contribution in [0.15, 0.2) is 76.6 Å². The van der Waals surface area contributed by atoms with Crippen LogP contribution in [-0.2, 0) is 25.8 Å². The van der Waals surface area contributed by atoms with Crippen molar-refractivity contribution in [3.63, 3.8) is 0 Å². The minimum absolute atomic E-state index is 0.0823. The number of aromatic nitrogens is 3. The van der Waals surface area contributed by atoms with E-state index in [1.807, 2.05) is 36.4 Å². The molecule has 3 aromatic heterocycles. The van der Waals surface area contributed by atoms with Crippen molar-refractivity contribution < 1.29 is 9.21 Å². The number of furan rings is 1. The summed E-state index contributed by atoms with van der Waals surface area (Å²) in [5, 5.41) is 13.4. The van der Waals surface area contributed by atoms with E-state index >= 15 is 0 Å². The molecule has 0 saturated heterocycles. The van der Waals surface area contributed by atoms with Crippen LogP contribution >= 0.6 is 0 Å². The highest BCUT2D eigenvalue weighted by atomic mass is 16.3. The van der Waals surface area contributed by atoms with Crippen molar-refractivity contribution in [1.82, 2.24) is 25.8 Å². The molecule has 3 N–H and O–H groups in total. The molecule has 1 atom stereocenters. The minimum Gasteiger partial charge on any atom is -0.472 e. The Hall–Kier alpha value is -4.04. The third-order valence-electron chi connectivity index (χ3n) is 6.36. The van der Waals surface area contributed by atoms with Crippen LogP contribution in [0.4, 0.5) is 0 Å². The highest BCUT2D eigenvalue weighted by Gasteiger charge is 2.19. The number of benzene rings is 1. The number of carbonyl (C=O) groups excluding carboxylic acids is 1. The SMILES string of the molecule is O=C(NC(NCc1ccncc1)c1ccoc1)c1cccc(Cc2n[nH]c(=O)c3c2CCCC3)c1. The molecule has 35 heavy (non-hydrogen) atoms. The Morgan fingerprint density at radius 3 is 2.69 bits per heavy atom. The molecule has 0 spiro atoms. The van der Waals surface area contributed by atoms with Crippen LogP contribution in [0.1, 0.15) is 62.9 Å². The number of H-pyrrole nitrogens is 1. The van der Waals surface area contributed by atoms with Crippen LogP contribution in [0.2, 0.25) is 0 Å². The quantitative estimate of drug-likeness (QED) is 0.341. The first kappa shape index (κ1) is 22.7. The van der Waals surface area contributed by atoms with Gasteiger partial charge in [-0.25, -0.2) is 5.10 Å². The van der Waals surface area contributed by atoms with Gasteiger partial charge in [0.1, 0.15) is 6.17 Å². The van der Waals surface area contributed by atoms with Gasteiger partial charge in [0.05, 0.1) is 18.2 Å². The zero-order chi connectivity index (χ0) is 24.0. The summed E-state index contributed by atoms with van der Waals surface area (Å²) >= 11 is 0. The van der Waals surface area contributed by atoms with Gasteiger partial charge in [0.15, 0.2) is 0 Å². The van der Waals surface area contributed by atoms with Crippen molar-refractivity contribution in [1.29, 1.82) is 0 Å². The van der Waals surface area contributed by atoms with Crippen molar-refractivity contribution in [3.8, 4) is 0 Å². The van der Waals surface area contributed by atoms with Gasteiger partial charge in [-0.1, -0.05) is 12.1 Å². The molecule has 0 saturated carbocycles. The Labute approximate surface area is 202 Å². The van der Waals surface area contributed by atoms with Gasteiger partial charge in [0.2, 0.25) is 0 Å². The van der Waals surface area contributed by atoms with Crippen molar-refractivity contribution in [2.45, 2.75) is 44.8 Å². The van der Waals surface area contributed by atoms with Crippen molar-refractivity contribution in [2.24, 2.45) is 0 Å². The van der Waals surface area contributed by atoms with Crippen LogP contribution in [0.5, 0.6) is 0 Å². The van der Waals surface area contributed by atoms with Gasteiger partial charge in [-0.05, 0) is 72.7 Å². The summed E-state index contributed by atoms with van der Waals surface area (Å²) in [6.07, 6.45) is 10.6. The molecular weight excluding hydrogens is 442 g/mol. The monoisotopic (exact) mass is 469 g/mol. The van der Waals surface area contributed by atoms with E-state index in [9.17, 15) is 9.59 Å². The lowest BCUT2D eigenvalue weighted by molar-refractivity contribution is 0.0928. The van der Waals surface area contributed by atoms with Gasteiger partial charge in [-0.3, -0.25) is 19.9 Å². The highest BCUT2D eigenvalue weighted by molar-refractivity contribution is 5.94. The van der Waals surface area contributed by atoms with E-state index in [0.717, 1.165) is 59.2 Å². The van der Waals surface area contributed by atoms with E-state index in [2.05, 4.69) is 25.8 Å². The van der Waals surface area contributed by atoms with Crippen LogP contribution in [0.3, 0.4) is 0 Å². The molecule has 0 bridgehead atoms. The Morgan fingerprint density at radius 2 is 1.89 bits per heavy atom. The maximum absolute atomic E-state index is 13.2. The number of fused-ring (bicyclic) bond motifs is 1. The number of carbonyl (C=O) groups is 1. The molecule has 1 unspecified atom stereocenters. The fourth-order valence-electron chi connectivity index (χ4n) is 4.52. The van der Waals surface area contributed by atoms with Gasteiger partial charge in [-0.2, -0.15) is 5.10 Å². The van der Waals surface area contributed by atoms with Gasteiger partial charge in [0.25, 0.3) is 11.5 Å². The zero-order valence-corrected chi connectivity index (χ0v) is 19.3. The molecule has 5 rings (SSSR count). The van der Waals surface area contributed by atoms with Crippen LogP contribution < -0.4 is 16.2 Å². The van der Waals surface area contributed by atoms with Gasteiger partial charge < -0.3 is 9.73 Å². The Kier molecular flexibility index (Phi) is 6.81. The summed E-state index contributed by atoms with van der Waals surface area (Å²) in [5.74, 6) is -0.197. The number of rotatable bonds is 8. The molecule has 4 aromatic rings. The first-order chi connectivity index (χ1) is 17.2. The van der Waals surface area contributed by atoms with Crippen LogP contribution in [-0.4, -0.2) is 21.1 Å². The molecule has 1 amide bonds. The van der Waals surface area contributed by atoms with Gasteiger partial charge in [-0.15, -0.1) is 0 Å². The summed E-state index contributed by atoms with van der Waals surface area (Å²) < 4.78 is 5.24. The number of nitrogens with one attached hydrogen (secondary N) is 3. The molecule has 8 heteroatoms. The maximum Gasteiger partial charge on any atom is 0.267 e. The Morgan fingerprint density at radius 1 is 1.06 bits per heavy atom. The smallest absolute Gasteiger partial charge is 0.267 e. The number of hydrogen-bond acceptors (Lipinski definition) is 6. The van der Waals surface area contributed by atoms with Gasteiger partial charge in [0, 0.05) is 42.0 Å². The molecule has 3 heterocycles. The molecule has 0 aliphatic heterocycles. The molecule has 8 nitrogen and oxygen atoms in total. The van der Waals surface area contributed by atoms with E-state index in [0.29, 0.717) is 18.5 Å². The molecule has 1 aromatic carbocycles. The predicted molar refractivity (Wildman–Crippen MR) is 131 cm³/mol. The van der Waals surface area contributed by atoms with Crippen LogP contribution in [0.25, 0.3) is 0 Å². The summed E-state index contributed by atoms with van der Waals surface area (Å²) in [4.78, 5) is 29.4. The fourth-order valence-corrected chi connectivity index (χ4v) is 4.52. The number of pyridine rings is 1. The Balaban J connectivity index is 1.32. The normalized spacial score (nSPS) is 13.7. The van der Waals surface area contributed by atoms with E-state index in [1.54, 1.807) is 31.0 Å². The molecule has 0 fully saturated rings. The second-order valence-electron chi connectivity index (χ2n) is 8.74. The Bertz CT molecular complexity index is 1350. The molecule has 0 radical (unpaired) electrons. The van der Waals surface area contributed by atoms with Crippen molar-refractivity contribution in [2.75, 3.05) is 0 Å². The lowest BCUT2D eigenvalue weighted by atomic mass is 9.90. The van der Waals surface area contributed by atoms with E-state index < -0.39 is 6.17 Å². The van der Waals surface area contributed by atoms with Crippen molar-refractivity contribution in [3.05, 3.63) is 117 Å². The fraction of sp³-hybridized carbons (Fsp3) is 0.259. The third kappa shape index (κ3) is 5.38. The second-order valence-corrected chi connectivity index (χ2v) is 8.74. The summed E-state index contributed by atoms with van der Waals surface area (Å²) in [6.45, 7) is 0.557. The van der Waals surface area contributed by atoms with E-state index in [-0.39, 0.29) is 11.5 Å². The average molecular weight is 470 g/mol. The number of aromatic amines is 1. The van der Waals surface area contributed by atoms with E-state index in [4.69, 9.17) is 4.42 Å². The van der Waals surface area contributed by atoms with Crippen LogP contribution in [0, 0.1) is 0 Å². The van der Waals surface area contributed by atoms with Crippen molar-refractivity contribution >= 4 is 5.91 Å². The van der Waals surface area contributed by atoms with Gasteiger partial charge >= 0.3 is 0 Å². The average Bonchev–Trinajstić information content (AvgIpc) is 3.44. The standard InChI is InChI=1S/C27H27N5O3/c33-26(30-25(21-10-13-35-17-21)29-16-18-8-11-28-12-9-18)20-5-3-4-19(14-20)15-24-22-6-1-2-7-23(22)27(34)32-31-24/h3-5,8-14,17,25,29H,1-2,6-7,15-16H2,(H,30,33)(H,32,34). The maximum atomic E-state index is 13.2. The lowest BCUT2D eigenvalue weighted by Crippen LogP contribution is -2.37. The highest BCUT2D eigenvalue weighted by Crippen LogP contribution is 2.22. The molecule has 1 aliphatic rings. The third-order valence-corrected chi connectivity index (χ3v) is 6.36. The second kappa shape index (κ2) is 10.5. The first-order valence-electron chi connectivity index (χ1n) is 11.8. The molecular formula is C27H27N5O3. The molecule has 1 aliphatic carbocycles. The lowest BCUT2D eigenvalue weighted by Gasteiger charge is -2.20. The van der Waals surface area contributed by atoms with E-state index in [1.165, 1.54) is 0 Å². The topological polar surface area (TPSA) is 113 Å². The minimum atomic E-state index is -0.425. The summed E-state index contributed by atoms with van der Waals surface area (Å²) in [7, 11) is 0.